The molecule has 1 aliphatic heterocycles. The van der Waals surface area contributed by atoms with E-state index in [1.807, 2.05) is 72.6 Å². The van der Waals surface area contributed by atoms with Crippen LogP contribution < -0.4 is 19.9 Å². The summed E-state index contributed by atoms with van der Waals surface area (Å²) in [5.74, 6) is 0.482. The maximum atomic E-state index is 9.57. The first kappa shape index (κ1) is 22.3. The zero-order valence-electron chi connectivity index (χ0n) is 19.7. The minimum absolute atomic E-state index is 0.482. The molecular weight excluding hydrogens is 442 g/mol. The Hall–Kier alpha value is -4.49. The SMILES string of the molecule is CN(C)n1cn[n+](-c2ccc(Nc3nccc(-c4cc(C#N)cc(N5CCOCC5)c4)n3)cc2)c1. The third-order valence-electron chi connectivity index (χ3n) is 5.75. The molecule has 4 aromatic rings. The van der Waals surface area contributed by atoms with Crippen molar-refractivity contribution in [2.45, 2.75) is 0 Å². The van der Waals surface area contributed by atoms with E-state index in [1.165, 1.54) is 0 Å². The number of hydrogen-bond acceptors (Lipinski definition) is 8. The number of aromatic nitrogens is 5. The fourth-order valence-electron chi connectivity index (χ4n) is 3.85. The largest absolute Gasteiger partial charge is 0.378 e. The summed E-state index contributed by atoms with van der Waals surface area (Å²) in [4.78, 5) is 11.3. The van der Waals surface area contributed by atoms with E-state index in [0.29, 0.717) is 24.7 Å². The molecule has 3 heterocycles. The zero-order valence-corrected chi connectivity index (χ0v) is 19.7. The van der Waals surface area contributed by atoms with Crippen LogP contribution in [0, 0.1) is 11.3 Å². The van der Waals surface area contributed by atoms with Gasteiger partial charge in [-0.1, -0.05) is 4.68 Å². The number of ether oxygens (including phenoxy) is 1. The van der Waals surface area contributed by atoms with E-state index in [1.54, 1.807) is 17.2 Å². The summed E-state index contributed by atoms with van der Waals surface area (Å²) < 4.78 is 9.15. The second kappa shape index (κ2) is 9.79. The number of nitrogens with one attached hydrogen (secondary N) is 1. The molecule has 1 saturated heterocycles. The Kier molecular flexibility index (Phi) is 6.24. The molecule has 2 aromatic heterocycles. The molecule has 10 heteroatoms. The lowest BCUT2D eigenvalue weighted by atomic mass is 10.1. The van der Waals surface area contributed by atoms with Gasteiger partial charge in [0.15, 0.2) is 5.69 Å². The Morgan fingerprint density at radius 2 is 1.89 bits per heavy atom. The lowest BCUT2D eigenvalue weighted by Gasteiger charge is -2.29. The predicted octanol–water partition coefficient (Wildman–Crippen LogP) is 2.27. The second-order valence-electron chi connectivity index (χ2n) is 8.34. The molecule has 35 heavy (non-hydrogen) atoms. The molecule has 0 saturated carbocycles. The van der Waals surface area contributed by atoms with E-state index in [9.17, 15) is 5.26 Å². The minimum atomic E-state index is 0.482. The Labute approximate surface area is 203 Å². The van der Waals surface area contributed by atoms with Crippen LogP contribution >= 0.6 is 0 Å². The van der Waals surface area contributed by atoms with Crippen LogP contribution in [0.25, 0.3) is 16.9 Å². The molecule has 5 rings (SSSR count). The van der Waals surface area contributed by atoms with Crippen LogP contribution in [0.5, 0.6) is 0 Å². The maximum Gasteiger partial charge on any atom is 0.295 e. The van der Waals surface area contributed by atoms with Crippen LogP contribution in [0.1, 0.15) is 5.56 Å². The summed E-state index contributed by atoms with van der Waals surface area (Å²) in [5, 5.41) is 19.1. The average molecular weight is 469 g/mol. The van der Waals surface area contributed by atoms with Crippen molar-refractivity contribution in [3.8, 4) is 23.0 Å². The Bertz CT molecular complexity index is 1350. The van der Waals surface area contributed by atoms with Crippen molar-refractivity contribution in [2.75, 3.05) is 55.6 Å². The van der Waals surface area contributed by atoms with Crippen molar-refractivity contribution in [3.63, 3.8) is 0 Å². The molecule has 0 spiro atoms. The van der Waals surface area contributed by atoms with Crippen molar-refractivity contribution in [3.05, 3.63) is 72.9 Å². The van der Waals surface area contributed by atoms with Crippen LogP contribution in [-0.4, -0.2) is 60.1 Å². The number of anilines is 3. The molecule has 1 fully saturated rings. The van der Waals surface area contributed by atoms with Gasteiger partial charge in [0.2, 0.25) is 12.3 Å². The van der Waals surface area contributed by atoms with Crippen molar-refractivity contribution in [1.29, 1.82) is 5.26 Å². The van der Waals surface area contributed by atoms with Gasteiger partial charge in [0, 0.05) is 50.3 Å². The van der Waals surface area contributed by atoms with Gasteiger partial charge >= 0.3 is 0 Å². The quantitative estimate of drug-likeness (QED) is 0.430. The molecule has 0 radical (unpaired) electrons. The van der Waals surface area contributed by atoms with Crippen molar-refractivity contribution in [2.24, 2.45) is 0 Å². The van der Waals surface area contributed by atoms with Crippen LogP contribution in [0.4, 0.5) is 17.3 Å². The molecule has 0 bridgehead atoms. The number of morpholine rings is 1. The molecule has 176 valence electrons. The zero-order chi connectivity index (χ0) is 24.2. The summed E-state index contributed by atoms with van der Waals surface area (Å²) in [6.07, 6.45) is 5.36. The topological polar surface area (TPSA) is 99.0 Å². The highest BCUT2D eigenvalue weighted by Crippen LogP contribution is 2.27. The smallest absolute Gasteiger partial charge is 0.295 e. The molecule has 0 amide bonds. The summed E-state index contributed by atoms with van der Waals surface area (Å²) in [6, 6.07) is 17.8. The lowest BCUT2D eigenvalue weighted by molar-refractivity contribution is -0.657. The molecule has 0 atom stereocenters. The van der Waals surface area contributed by atoms with Crippen LogP contribution in [0.15, 0.2) is 67.4 Å². The van der Waals surface area contributed by atoms with Gasteiger partial charge in [-0.25, -0.2) is 15.0 Å². The predicted molar refractivity (Wildman–Crippen MR) is 132 cm³/mol. The third kappa shape index (κ3) is 5.05. The fraction of sp³-hybridized carbons (Fsp3) is 0.240. The van der Waals surface area contributed by atoms with Gasteiger partial charge in [0.25, 0.3) is 6.33 Å². The number of nitrogens with zero attached hydrogens (tertiary/aromatic N) is 8. The van der Waals surface area contributed by atoms with Gasteiger partial charge in [-0.15, -0.1) is 4.68 Å². The Balaban J connectivity index is 1.36. The summed E-state index contributed by atoms with van der Waals surface area (Å²) in [5.41, 5.74) is 5.02. The highest BCUT2D eigenvalue weighted by atomic mass is 16.5. The van der Waals surface area contributed by atoms with E-state index in [4.69, 9.17) is 9.72 Å². The van der Waals surface area contributed by atoms with Crippen LogP contribution in [0.2, 0.25) is 0 Å². The first-order chi connectivity index (χ1) is 17.1. The van der Waals surface area contributed by atoms with Gasteiger partial charge < -0.3 is 15.0 Å². The van der Waals surface area contributed by atoms with E-state index in [-0.39, 0.29) is 0 Å². The van der Waals surface area contributed by atoms with Crippen LogP contribution in [-0.2, 0) is 4.74 Å². The number of hydrogen-bond donors (Lipinski definition) is 1. The normalized spacial score (nSPS) is 13.3. The standard InChI is InChI=1S/C25H26N9O/c1-31(2)33-17-28-34(18-33)22-5-3-21(4-6-22)29-25-27-8-7-24(30-25)20-13-19(16-26)14-23(15-20)32-9-11-35-12-10-32/h3-8,13-15,17-18H,9-12H2,1-2H3,(H,27,29,30)/q+1. The molecule has 1 aliphatic rings. The highest BCUT2D eigenvalue weighted by molar-refractivity contribution is 5.70. The van der Waals surface area contributed by atoms with Crippen molar-refractivity contribution >= 4 is 17.3 Å². The summed E-state index contributed by atoms with van der Waals surface area (Å²) >= 11 is 0. The number of rotatable bonds is 6. The van der Waals surface area contributed by atoms with Gasteiger partial charge in [-0.3, -0.25) is 0 Å². The Morgan fingerprint density at radius 1 is 1.09 bits per heavy atom. The first-order valence-corrected chi connectivity index (χ1v) is 11.3. The average Bonchev–Trinajstić information content (AvgIpc) is 3.40. The Morgan fingerprint density at radius 3 is 2.60 bits per heavy atom. The van der Waals surface area contributed by atoms with E-state index in [0.717, 1.165) is 41.4 Å². The van der Waals surface area contributed by atoms with Crippen molar-refractivity contribution < 1.29 is 9.42 Å². The monoisotopic (exact) mass is 468 g/mol. The summed E-state index contributed by atoms with van der Waals surface area (Å²) in [6.45, 7) is 2.97. The van der Waals surface area contributed by atoms with Gasteiger partial charge in [0.05, 0.1) is 30.5 Å². The van der Waals surface area contributed by atoms with E-state index < -0.39 is 0 Å². The van der Waals surface area contributed by atoms with Crippen molar-refractivity contribution in [1.82, 2.24) is 19.7 Å². The molecule has 0 unspecified atom stereocenters. The lowest BCUT2D eigenvalue weighted by Crippen LogP contribution is -2.36. The number of benzene rings is 2. The van der Waals surface area contributed by atoms with Crippen LogP contribution in [0.3, 0.4) is 0 Å². The molecule has 0 aliphatic carbocycles. The second-order valence-corrected chi connectivity index (χ2v) is 8.34. The third-order valence-corrected chi connectivity index (χ3v) is 5.75. The first-order valence-electron chi connectivity index (χ1n) is 11.3. The highest BCUT2D eigenvalue weighted by Gasteiger charge is 2.15. The minimum Gasteiger partial charge on any atom is -0.378 e. The van der Waals surface area contributed by atoms with Gasteiger partial charge in [-0.05, 0) is 53.6 Å². The number of nitriles is 1. The molecular formula is C25H26N9O+. The van der Waals surface area contributed by atoms with Gasteiger partial charge in [-0.2, -0.15) is 5.26 Å². The maximum absolute atomic E-state index is 9.57. The molecule has 2 aromatic carbocycles. The molecule has 10 nitrogen and oxygen atoms in total. The fourth-order valence-corrected chi connectivity index (χ4v) is 3.85. The van der Waals surface area contributed by atoms with E-state index in [2.05, 4.69) is 32.4 Å². The van der Waals surface area contributed by atoms with E-state index >= 15 is 0 Å². The molecule has 1 N–H and O–H groups in total. The summed E-state index contributed by atoms with van der Waals surface area (Å²) in [7, 11) is 3.90. The van der Waals surface area contributed by atoms with Gasteiger partial charge in [0.1, 0.15) is 0 Å².